The highest BCUT2D eigenvalue weighted by Crippen LogP contribution is 2.37. The van der Waals surface area contributed by atoms with Crippen molar-refractivity contribution in [2.24, 2.45) is 0 Å². The summed E-state index contributed by atoms with van der Waals surface area (Å²) in [6.45, 7) is 8.74. The van der Waals surface area contributed by atoms with E-state index in [1.807, 2.05) is 20.0 Å². The molecule has 0 saturated carbocycles. The number of pyridine rings is 1. The summed E-state index contributed by atoms with van der Waals surface area (Å²) in [4.78, 5) is 23.4. The Morgan fingerprint density at radius 1 is 1.38 bits per heavy atom. The standard InChI is InChI=1S/C15H21ClN4O/c1-9(2)19-5-6-20-12(8-19)15(21)18(4)11-7-10(3)13(16)17-14(11)20/h7,9,12H,5-6,8H2,1-4H3. The number of likely N-dealkylation sites (N-methyl/N-ethyl adjacent to an activating group) is 1. The summed E-state index contributed by atoms with van der Waals surface area (Å²) in [6, 6.07) is 2.24. The van der Waals surface area contributed by atoms with Gasteiger partial charge in [-0.15, -0.1) is 0 Å². The van der Waals surface area contributed by atoms with Crippen molar-refractivity contribution in [3.8, 4) is 0 Å². The quantitative estimate of drug-likeness (QED) is 0.743. The van der Waals surface area contributed by atoms with Crippen LogP contribution in [-0.4, -0.2) is 54.6 Å². The monoisotopic (exact) mass is 308 g/mol. The average molecular weight is 309 g/mol. The van der Waals surface area contributed by atoms with E-state index in [2.05, 4.69) is 28.6 Å². The molecule has 1 fully saturated rings. The molecule has 1 aromatic heterocycles. The molecule has 2 aliphatic rings. The first kappa shape index (κ1) is 14.6. The second kappa shape index (κ2) is 5.14. The van der Waals surface area contributed by atoms with Crippen LogP contribution >= 0.6 is 11.6 Å². The summed E-state index contributed by atoms with van der Waals surface area (Å²) in [7, 11) is 1.82. The van der Waals surface area contributed by atoms with Gasteiger partial charge in [0.15, 0.2) is 5.82 Å². The Hall–Kier alpha value is -1.33. The van der Waals surface area contributed by atoms with Crippen LogP contribution in [-0.2, 0) is 4.79 Å². The molecular formula is C15H21ClN4O. The molecular weight excluding hydrogens is 288 g/mol. The highest BCUT2D eigenvalue weighted by Gasteiger charge is 2.41. The maximum Gasteiger partial charge on any atom is 0.250 e. The predicted octanol–water partition coefficient (Wildman–Crippen LogP) is 1.92. The topological polar surface area (TPSA) is 39.7 Å². The van der Waals surface area contributed by atoms with E-state index in [0.29, 0.717) is 11.2 Å². The van der Waals surface area contributed by atoms with Crippen molar-refractivity contribution in [1.82, 2.24) is 9.88 Å². The number of halogens is 1. The molecule has 21 heavy (non-hydrogen) atoms. The third kappa shape index (κ3) is 2.28. The van der Waals surface area contributed by atoms with Gasteiger partial charge in [-0.2, -0.15) is 0 Å². The molecule has 5 nitrogen and oxygen atoms in total. The lowest BCUT2D eigenvalue weighted by atomic mass is 10.0. The Morgan fingerprint density at radius 3 is 2.76 bits per heavy atom. The number of hydrogen-bond acceptors (Lipinski definition) is 4. The third-order valence-corrected chi connectivity index (χ3v) is 4.89. The van der Waals surface area contributed by atoms with Crippen LogP contribution in [0.5, 0.6) is 0 Å². The zero-order valence-corrected chi connectivity index (χ0v) is 13.7. The SMILES string of the molecule is Cc1cc2c(nc1Cl)N1CCN(C(C)C)CC1C(=O)N2C. The Morgan fingerprint density at radius 2 is 2.10 bits per heavy atom. The Bertz CT molecular complexity index is 589. The molecule has 6 heteroatoms. The molecule has 3 heterocycles. The number of carbonyl (C=O) groups is 1. The smallest absolute Gasteiger partial charge is 0.250 e. The van der Waals surface area contributed by atoms with E-state index in [9.17, 15) is 4.79 Å². The van der Waals surface area contributed by atoms with E-state index in [-0.39, 0.29) is 11.9 Å². The number of anilines is 2. The van der Waals surface area contributed by atoms with Gasteiger partial charge in [0.05, 0.1) is 5.69 Å². The van der Waals surface area contributed by atoms with Gasteiger partial charge in [0.1, 0.15) is 11.2 Å². The van der Waals surface area contributed by atoms with Gasteiger partial charge < -0.3 is 9.80 Å². The highest BCUT2D eigenvalue weighted by molar-refractivity contribution is 6.30. The number of aryl methyl sites for hydroxylation is 1. The first-order valence-electron chi connectivity index (χ1n) is 7.35. The average Bonchev–Trinajstić information content (AvgIpc) is 2.46. The third-order valence-electron chi connectivity index (χ3n) is 4.50. The summed E-state index contributed by atoms with van der Waals surface area (Å²) in [5.74, 6) is 0.970. The predicted molar refractivity (Wildman–Crippen MR) is 85.2 cm³/mol. The Labute approximate surface area is 130 Å². The molecule has 0 bridgehead atoms. The van der Waals surface area contributed by atoms with Crippen molar-refractivity contribution in [1.29, 1.82) is 0 Å². The van der Waals surface area contributed by atoms with Gasteiger partial charge in [0.2, 0.25) is 0 Å². The first-order valence-corrected chi connectivity index (χ1v) is 7.73. The fourth-order valence-electron chi connectivity index (χ4n) is 3.11. The summed E-state index contributed by atoms with van der Waals surface area (Å²) in [5, 5.41) is 0.515. The molecule has 2 aliphatic heterocycles. The molecule has 3 rings (SSSR count). The summed E-state index contributed by atoms with van der Waals surface area (Å²) in [6.07, 6.45) is 0. The van der Waals surface area contributed by atoms with Crippen molar-refractivity contribution < 1.29 is 4.79 Å². The second-order valence-corrected chi connectivity index (χ2v) is 6.49. The van der Waals surface area contributed by atoms with Gasteiger partial charge in [-0.3, -0.25) is 9.69 Å². The van der Waals surface area contributed by atoms with Crippen molar-refractivity contribution in [2.45, 2.75) is 32.9 Å². The van der Waals surface area contributed by atoms with E-state index < -0.39 is 0 Å². The van der Waals surface area contributed by atoms with Gasteiger partial charge in [-0.1, -0.05) is 11.6 Å². The van der Waals surface area contributed by atoms with Crippen LogP contribution in [0.1, 0.15) is 19.4 Å². The van der Waals surface area contributed by atoms with Crippen LogP contribution in [0.15, 0.2) is 6.07 Å². The molecule has 0 aliphatic carbocycles. The number of rotatable bonds is 1. The van der Waals surface area contributed by atoms with E-state index in [1.165, 1.54) is 0 Å². The summed E-state index contributed by atoms with van der Waals surface area (Å²) in [5.41, 5.74) is 1.76. The van der Waals surface area contributed by atoms with Crippen LogP contribution in [0.2, 0.25) is 5.15 Å². The minimum Gasteiger partial charge on any atom is -0.340 e. The van der Waals surface area contributed by atoms with Gasteiger partial charge in [-0.05, 0) is 32.4 Å². The number of hydrogen-bond donors (Lipinski definition) is 0. The van der Waals surface area contributed by atoms with E-state index in [4.69, 9.17) is 11.6 Å². The second-order valence-electron chi connectivity index (χ2n) is 6.13. The number of piperazine rings is 1. The zero-order chi connectivity index (χ0) is 15.3. The maximum absolute atomic E-state index is 12.7. The molecule has 0 N–H and O–H groups in total. The van der Waals surface area contributed by atoms with Crippen LogP contribution in [0.4, 0.5) is 11.5 Å². The van der Waals surface area contributed by atoms with Gasteiger partial charge >= 0.3 is 0 Å². The number of nitrogens with zero attached hydrogens (tertiary/aromatic N) is 4. The van der Waals surface area contributed by atoms with Gasteiger partial charge in [-0.25, -0.2) is 4.98 Å². The lowest BCUT2D eigenvalue weighted by Gasteiger charge is -2.47. The summed E-state index contributed by atoms with van der Waals surface area (Å²) >= 11 is 6.19. The van der Waals surface area contributed by atoms with Crippen LogP contribution in [0.3, 0.4) is 0 Å². The largest absolute Gasteiger partial charge is 0.340 e. The van der Waals surface area contributed by atoms with Crippen molar-refractivity contribution in [3.63, 3.8) is 0 Å². The molecule has 1 unspecified atom stereocenters. The molecule has 1 aromatic rings. The zero-order valence-electron chi connectivity index (χ0n) is 12.9. The number of aromatic nitrogens is 1. The minimum absolute atomic E-state index is 0.136. The first-order chi connectivity index (χ1) is 9.90. The number of fused-ring (bicyclic) bond motifs is 3. The molecule has 0 aromatic carbocycles. The fourth-order valence-corrected chi connectivity index (χ4v) is 3.24. The number of carbonyl (C=O) groups excluding carboxylic acids is 1. The lowest BCUT2D eigenvalue weighted by molar-refractivity contribution is -0.121. The minimum atomic E-state index is -0.162. The van der Waals surface area contributed by atoms with Crippen molar-refractivity contribution in [2.75, 3.05) is 36.5 Å². The van der Waals surface area contributed by atoms with Crippen LogP contribution < -0.4 is 9.80 Å². The van der Waals surface area contributed by atoms with Crippen LogP contribution in [0.25, 0.3) is 0 Å². The highest BCUT2D eigenvalue weighted by atomic mass is 35.5. The fraction of sp³-hybridized carbons (Fsp3) is 0.600. The molecule has 1 atom stereocenters. The van der Waals surface area contributed by atoms with Gasteiger partial charge in [0, 0.05) is 32.7 Å². The Balaban J connectivity index is 2.02. The Kier molecular flexibility index (Phi) is 3.58. The molecule has 0 radical (unpaired) electrons. The van der Waals surface area contributed by atoms with Crippen LogP contribution in [0, 0.1) is 6.92 Å². The normalized spacial score (nSPS) is 22.6. The molecule has 1 amide bonds. The van der Waals surface area contributed by atoms with Crippen molar-refractivity contribution >= 4 is 29.0 Å². The molecule has 0 spiro atoms. The van der Waals surface area contributed by atoms with E-state index in [1.54, 1.807) is 4.90 Å². The summed E-state index contributed by atoms with van der Waals surface area (Å²) < 4.78 is 0. The molecule has 114 valence electrons. The lowest BCUT2D eigenvalue weighted by Crippen LogP contribution is -2.63. The van der Waals surface area contributed by atoms with Crippen molar-refractivity contribution in [3.05, 3.63) is 16.8 Å². The van der Waals surface area contributed by atoms with Gasteiger partial charge in [0.25, 0.3) is 5.91 Å². The van der Waals surface area contributed by atoms with E-state index in [0.717, 1.165) is 36.7 Å². The molecule has 1 saturated heterocycles. The maximum atomic E-state index is 12.7. The van der Waals surface area contributed by atoms with E-state index >= 15 is 0 Å². The number of amides is 1.